The van der Waals surface area contributed by atoms with Crippen molar-refractivity contribution < 1.29 is 0 Å². The third kappa shape index (κ3) is 2.94. The quantitative estimate of drug-likeness (QED) is 0.896. The first-order chi connectivity index (χ1) is 9.74. The van der Waals surface area contributed by atoms with Crippen molar-refractivity contribution in [2.75, 3.05) is 0 Å². The lowest BCUT2D eigenvalue weighted by atomic mass is 9.75. The van der Waals surface area contributed by atoms with Crippen LogP contribution >= 0.6 is 15.9 Å². The standard InChI is InChI=1S/C17H19BrN2/c1-12(13-5-4-8-19-11-13)20-15-9-14(10-15)16-6-2-3-7-17(16)18/h2-8,11-12,14-15,20H,9-10H2,1H3/t12-,14?,15?/m0/s1. The predicted octanol–water partition coefficient (Wildman–Crippen LogP) is 4.44. The number of aromatic nitrogens is 1. The molecule has 1 aliphatic carbocycles. The van der Waals surface area contributed by atoms with Crippen molar-refractivity contribution in [3.63, 3.8) is 0 Å². The summed E-state index contributed by atoms with van der Waals surface area (Å²) in [4.78, 5) is 4.18. The van der Waals surface area contributed by atoms with Gasteiger partial charge in [-0.3, -0.25) is 4.98 Å². The molecule has 2 nitrogen and oxygen atoms in total. The van der Waals surface area contributed by atoms with E-state index in [0.717, 1.165) is 0 Å². The van der Waals surface area contributed by atoms with Gasteiger partial charge in [-0.05, 0) is 48.9 Å². The summed E-state index contributed by atoms with van der Waals surface area (Å²) in [7, 11) is 0. The van der Waals surface area contributed by atoms with E-state index in [4.69, 9.17) is 0 Å². The van der Waals surface area contributed by atoms with Gasteiger partial charge in [-0.2, -0.15) is 0 Å². The molecule has 1 saturated carbocycles. The Hall–Kier alpha value is -1.19. The van der Waals surface area contributed by atoms with Gasteiger partial charge in [0.2, 0.25) is 0 Å². The van der Waals surface area contributed by atoms with E-state index < -0.39 is 0 Å². The summed E-state index contributed by atoms with van der Waals surface area (Å²) < 4.78 is 1.24. The molecule has 20 heavy (non-hydrogen) atoms. The van der Waals surface area contributed by atoms with Crippen LogP contribution in [0.15, 0.2) is 53.3 Å². The summed E-state index contributed by atoms with van der Waals surface area (Å²) in [6.45, 7) is 2.21. The van der Waals surface area contributed by atoms with E-state index in [9.17, 15) is 0 Å². The fraction of sp³-hybridized carbons (Fsp3) is 0.353. The van der Waals surface area contributed by atoms with Crippen LogP contribution in [0.25, 0.3) is 0 Å². The van der Waals surface area contributed by atoms with Crippen LogP contribution in [0.1, 0.15) is 42.9 Å². The molecule has 0 aliphatic heterocycles. The van der Waals surface area contributed by atoms with E-state index in [1.54, 1.807) is 0 Å². The van der Waals surface area contributed by atoms with Crippen LogP contribution in [0, 0.1) is 0 Å². The Labute approximate surface area is 128 Å². The molecule has 104 valence electrons. The molecule has 0 unspecified atom stereocenters. The first-order valence-electron chi connectivity index (χ1n) is 7.14. The van der Waals surface area contributed by atoms with Gasteiger partial charge in [0.1, 0.15) is 0 Å². The molecule has 1 heterocycles. The third-order valence-electron chi connectivity index (χ3n) is 4.15. The lowest BCUT2D eigenvalue weighted by Gasteiger charge is -2.38. The Morgan fingerprint density at radius 1 is 1.20 bits per heavy atom. The molecule has 1 aromatic carbocycles. The van der Waals surface area contributed by atoms with Crippen molar-refractivity contribution in [2.45, 2.75) is 37.8 Å². The minimum absolute atomic E-state index is 0.369. The van der Waals surface area contributed by atoms with Gasteiger partial charge in [-0.15, -0.1) is 0 Å². The molecule has 1 aliphatic rings. The van der Waals surface area contributed by atoms with Crippen LogP contribution in [-0.4, -0.2) is 11.0 Å². The molecule has 3 rings (SSSR count). The zero-order valence-corrected chi connectivity index (χ0v) is 13.2. The van der Waals surface area contributed by atoms with Crippen LogP contribution in [0.3, 0.4) is 0 Å². The second-order valence-corrected chi connectivity index (χ2v) is 6.42. The van der Waals surface area contributed by atoms with Gasteiger partial charge in [0.15, 0.2) is 0 Å². The molecule has 1 aromatic heterocycles. The average molecular weight is 331 g/mol. The Kier molecular flexibility index (Phi) is 4.18. The van der Waals surface area contributed by atoms with E-state index in [1.807, 2.05) is 18.5 Å². The zero-order valence-electron chi connectivity index (χ0n) is 11.6. The number of nitrogens with zero attached hydrogens (tertiary/aromatic N) is 1. The smallest absolute Gasteiger partial charge is 0.0315 e. The van der Waals surface area contributed by atoms with E-state index >= 15 is 0 Å². The molecule has 0 saturated heterocycles. The molecule has 0 radical (unpaired) electrons. The molecule has 1 fully saturated rings. The number of nitrogens with one attached hydrogen (secondary N) is 1. The first-order valence-corrected chi connectivity index (χ1v) is 7.93. The topological polar surface area (TPSA) is 24.9 Å². The number of rotatable bonds is 4. The number of halogens is 1. The fourth-order valence-electron chi connectivity index (χ4n) is 2.90. The summed E-state index contributed by atoms with van der Waals surface area (Å²) in [5.41, 5.74) is 2.71. The normalized spacial score (nSPS) is 23.1. The predicted molar refractivity (Wildman–Crippen MR) is 85.7 cm³/mol. The van der Waals surface area contributed by atoms with Gasteiger partial charge < -0.3 is 5.32 Å². The van der Waals surface area contributed by atoms with Gasteiger partial charge in [0, 0.05) is 29.0 Å². The van der Waals surface area contributed by atoms with E-state index in [-0.39, 0.29) is 0 Å². The van der Waals surface area contributed by atoms with E-state index in [0.29, 0.717) is 18.0 Å². The van der Waals surface area contributed by atoms with Crippen molar-refractivity contribution in [3.05, 3.63) is 64.4 Å². The second-order valence-electron chi connectivity index (χ2n) is 5.56. The van der Waals surface area contributed by atoms with E-state index in [2.05, 4.69) is 63.5 Å². The minimum Gasteiger partial charge on any atom is -0.307 e. The Morgan fingerprint density at radius 2 is 2.00 bits per heavy atom. The van der Waals surface area contributed by atoms with Crippen LogP contribution < -0.4 is 5.32 Å². The monoisotopic (exact) mass is 330 g/mol. The van der Waals surface area contributed by atoms with Crippen LogP contribution in [0.4, 0.5) is 0 Å². The number of pyridine rings is 1. The maximum atomic E-state index is 4.18. The summed E-state index contributed by atoms with van der Waals surface area (Å²) in [5.74, 6) is 0.684. The molecule has 1 atom stereocenters. The van der Waals surface area contributed by atoms with Crippen molar-refractivity contribution in [1.29, 1.82) is 0 Å². The van der Waals surface area contributed by atoms with Crippen LogP contribution in [0.5, 0.6) is 0 Å². The highest BCUT2D eigenvalue weighted by Gasteiger charge is 2.32. The first kappa shape index (κ1) is 13.8. The maximum absolute atomic E-state index is 4.18. The van der Waals surface area contributed by atoms with Crippen LogP contribution in [0.2, 0.25) is 0 Å². The van der Waals surface area contributed by atoms with Crippen molar-refractivity contribution in [3.8, 4) is 0 Å². The van der Waals surface area contributed by atoms with Crippen molar-refractivity contribution in [2.24, 2.45) is 0 Å². The lowest BCUT2D eigenvalue weighted by molar-refractivity contribution is 0.270. The molecular weight excluding hydrogens is 312 g/mol. The average Bonchev–Trinajstić information content (AvgIpc) is 2.44. The summed E-state index contributed by atoms with van der Waals surface area (Å²) in [6, 6.07) is 13.7. The van der Waals surface area contributed by atoms with E-state index in [1.165, 1.54) is 28.4 Å². The Balaban J connectivity index is 1.55. The molecule has 0 spiro atoms. The molecular formula is C17H19BrN2. The Morgan fingerprint density at radius 3 is 2.70 bits per heavy atom. The van der Waals surface area contributed by atoms with Crippen molar-refractivity contribution >= 4 is 15.9 Å². The van der Waals surface area contributed by atoms with Gasteiger partial charge in [-0.1, -0.05) is 40.2 Å². The molecule has 1 N–H and O–H groups in total. The Bertz CT molecular complexity index is 564. The number of hydrogen-bond acceptors (Lipinski definition) is 2. The summed E-state index contributed by atoms with van der Waals surface area (Å²) in [5, 5.41) is 3.70. The number of hydrogen-bond donors (Lipinski definition) is 1. The second kappa shape index (κ2) is 6.06. The van der Waals surface area contributed by atoms with Gasteiger partial charge in [0.05, 0.1) is 0 Å². The summed E-state index contributed by atoms with van der Waals surface area (Å²) in [6.07, 6.45) is 6.20. The largest absolute Gasteiger partial charge is 0.307 e. The highest BCUT2D eigenvalue weighted by atomic mass is 79.9. The third-order valence-corrected chi connectivity index (χ3v) is 4.88. The summed E-state index contributed by atoms with van der Waals surface area (Å²) >= 11 is 3.65. The zero-order chi connectivity index (χ0) is 13.9. The molecule has 0 bridgehead atoms. The highest BCUT2D eigenvalue weighted by Crippen LogP contribution is 2.40. The van der Waals surface area contributed by atoms with Crippen LogP contribution in [-0.2, 0) is 0 Å². The van der Waals surface area contributed by atoms with Gasteiger partial charge in [-0.25, -0.2) is 0 Å². The van der Waals surface area contributed by atoms with Crippen molar-refractivity contribution in [1.82, 2.24) is 10.3 Å². The molecule has 3 heteroatoms. The molecule has 2 aromatic rings. The molecule has 0 amide bonds. The fourth-order valence-corrected chi connectivity index (χ4v) is 3.50. The maximum Gasteiger partial charge on any atom is 0.0315 e. The van der Waals surface area contributed by atoms with Gasteiger partial charge in [0.25, 0.3) is 0 Å². The van der Waals surface area contributed by atoms with Gasteiger partial charge >= 0.3 is 0 Å². The number of benzene rings is 1. The SMILES string of the molecule is C[C@H](NC1CC(c2ccccc2Br)C1)c1cccnc1. The highest BCUT2D eigenvalue weighted by molar-refractivity contribution is 9.10. The minimum atomic E-state index is 0.369. The lowest BCUT2D eigenvalue weighted by Crippen LogP contribution is -2.41.